The highest BCUT2D eigenvalue weighted by Gasteiger charge is 2.19. The van der Waals surface area contributed by atoms with E-state index in [1.165, 1.54) is 0 Å². The molecule has 106 valence electrons. The van der Waals surface area contributed by atoms with Crippen molar-refractivity contribution >= 4 is 5.91 Å². The number of carbonyl (C=O) groups excluding carboxylic acids is 1. The molecule has 5 heteroatoms. The van der Waals surface area contributed by atoms with Crippen LogP contribution >= 0.6 is 0 Å². The summed E-state index contributed by atoms with van der Waals surface area (Å²) in [6.45, 7) is 2.52. The highest BCUT2D eigenvalue weighted by atomic mass is 16.3. The van der Waals surface area contributed by atoms with Gasteiger partial charge in [-0.1, -0.05) is 0 Å². The van der Waals surface area contributed by atoms with Crippen molar-refractivity contribution in [3.05, 3.63) is 48.2 Å². The standard InChI is InChI=1S/C15H19N3O2/c19-15(17-10-12-5-9-20-11-12)14-2-1-8-18(14)13-3-6-16-7-4-13/h1-2,5,8-9,11,13,16H,3-4,6-7,10H2,(H,17,19). The molecule has 3 heterocycles. The van der Waals surface area contributed by atoms with E-state index in [1.54, 1.807) is 12.5 Å². The Morgan fingerprint density at radius 3 is 3.00 bits per heavy atom. The molecule has 0 radical (unpaired) electrons. The van der Waals surface area contributed by atoms with Gasteiger partial charge in [0.05, 0.1) is 12.5 Å². The van der Waals surface area contributed by atoms with Gasteiger partial charge in [0.15, 0.2) is 0 Å². The van der Waals surface area contributed by atoms with Crippen molar-refractivity contribution in [2.75, 3.05) is 13.1 Å². The maximum absolute atomic E-state index is 12.3. The van der Waals surface area contributed by atoms with Crippen LogP contribution in [0.5, 0.6) is 0 Å². The molecule has 5 nitrogen and oxygen atoms in total. The van der Waals surface area contributed by atoms with E-state index in [2.05, 4.69) is 15.2 Å². The molecule has 0 aromatic carbocycles. The van der Waals surface area contributed by atoms with E-state index in [9.17, 15) is 4.79 Å². The topological polar surface area (TPSA) is 59.2 Å². The maximum atomic E-state index is 12.3. The van der Waals surface area contributed by atoms with E-state index in [1.807, 2.05) is 24.4 Å². The van der Waals surface area contributed by atoms with Gasteiger partial charge in [-0.2, -0.15) is 0 Å². The third kappa shape index (κ3) is 2.77. The van der Waals surface area contributed by atoms with Crippen molar-refractivity contribution in [3.63, 3.8) is 0 Å². The lowest BCUT2D eigenvalue weighted by Gasteiger charge is -2.25. The summed E-state index contributed by atoms with van der Waals surface area (Å²) in [5, 5.41) is 6.28. The first kappa shape index (κ1) is 13.0. The smallest absolute Gasteiger partial charge is 0.268 e. The largest absolute Gasteiger partial charge is 0.472 e. The molecular weight excluding hydrogens is 254 g/mol. The first-order valence-corrected chi connectivity index (χ1v) is 7.01. The first-order valence-electron chi connectivity index (χ1n) is 7.01. The lowest BCUT2D eigenvalue weighted by molar-refractivity contribution is 0.0938. The monoisotopic (exact) mass is 273 g/mol. The Morgan fingerprint density at radius 1 is 1.40 bits per heavy atom. The van der Waals surface area contributed by atoms with Crippen molar-refractivity contribution in [2.45, 2.75) is 25.4 Å². The second-order valence-corrected chi connectivity index (χ2v) is 5.10. The number of amides is 1. The molecule has 1 amide bonds. The fourth-order valence-corrected chi connectivity index (χ4v) is 2.66. The van der Waals surface area contributed by atoms with E-state index in [4.69, 9.17) is 4.42 Å². The second kappa shape index (κ2) is 5.96. The minimum Gasteiger partial charge on any atom is -0.472 e. The fraction of sp³-hybridized carbons (Fsp3) is 0.400. The molecule has 0 bridgehead atoms. The zero-order chi connectivity index (χ0) is 13.8. The van der Waals surface area contributed by atoms with Gasteiger partial charge >= 0.3 is 0 Å². The summed E-state index contributed by atoms with van der Waals surface area (Å²) in [5.41, 5.74) is 1.71. The number of rotatable bonds is 4. The maximum Gasteiger partial charge on any atom is 0.268 e. The van der Waals surface area contributed by atoms with Crippen LogP contribution in [-0.2, 0) is 6.54 Å². The SMILES string of the molecule is O=C(NCc1ccoc1)c1cccn1C1CCNCC1. The molecule has 1 aliphatic rings. The number of carbonyl (C=O) groups is 1. The molecule has 1 aliphatic heterocycles. The van der Waals surface area contributed by atoms with Gasteiger partial charge in [0.2, 0.25) is 0 Å². The summed E-state index contributed by atoms with van der Waals surface area (Å²) in [6.07, 6.45) is 7.39. The number of piperidine rings is 1. The zero-order valence-corrected chi connectivity index (χ0v) is 11.3. The van der Waals surface area contributed by atoms with Gasteiger partial charge in [-0.3, -0.25) is 4.79 Å². The summed E-state index contributed by atoms with van der Waals surface area (Å²) in [6, 6.07) is 6.09. The molecule has 20 heavy (non-hydrogen) atoms. The summed E-state index contributed by atoms with van der Waals surface area (Å²) in [4.78, 5) is 12.3. The molecule has 2 aromatic rings. The Labute approximate surface area is 118 Å². The molecule has 1 saturated heterocycles. The summed E-state index contributed by atoms with van der Waals surface area (Å²) >= 11 is 0. The Morgan fingerprint density at radius 2 is 2.25 bits per heavy atom. The van der Waals surface area contributed by atoms with Crippen LogP contribution in [0, 0.1) is 0 Å². The van der Waals surface area contributed by atoms with Crippen molar-refractivity contribution in [1.29, 1.82) is 0 Å². The number of aromatic nitrogens is 1. The Balaban J connectivity index is 1.67. The summed E-state index contributed by atoms with van der Waals surface area (Å²) in [5.74, 6) is -0.0327. The number of furan rings is 1. The predicted octanol–water partition coefficient (Wildman–Crippen LogP) is 1.94. The molecule has 0 atom stereocenters. The van der Waals surface area contributed by atoms with Crippen molar-refractivity contribution in [2.24, 2.45) is 0 Å². The van der Waals surface area contributed by atoms with Gasteiger partial charge in [0.1, 0.15) is 5.69 Å². The molecule has 2 aromatic heterocycles. The zero-order valence-electron chi connectivity index (χ0n) is 11.3. The van der Waals surface area contributed by atoms with Crippen LogP contribution in [0.1, 0.15) is 34.9 Å². The predicted molar refractivity (Wildman–Crippen MR) is 75.5 cm³/mol. The van der Waals surface area contributed by atoms with E-state index in [-0.39, 0.29) is 5.91 Å². The van der Waals surface area contributed by atoms with Crippen molar-refractivity contribution in [3.8, 4) is 0 Å². The quantitative estimate of drug-likeness (QED) is 0.895. The Kier molecular flexibility index (Phi) is 3.87. The molecule has 1 fully saturated rings. The van der Waals surface area contributed by atoms with Gasteiger partial charge in [-0.25, -0.2) is 0 Å². The molecule has 2 N–H and O–H groups in total. The number of nitrogens with zero attached hydrogens (tertiary/aromatic N) is 1. The molecule has 0 spiro atoms. The third-order valence-electron chi connectivity index (χ3n) is 3.75. The van der Waals surface area contributed by atoms with Crippen molar-refractivity contribution in [1.82, 2.24) is 15.2 Å². The Bertz CT molecular complexity index is 553. The molecule has 0 saturated carbocycles. The number of nitrogens with one attached hydrogen (secondary N) is 2. The van der Waals surface area contributed by atoms with Crippen LogP contribution in [0.3, 0.4) is 0 Å². The van der Waals surface area contributed by atoms with Crippen LogP contribution in [0.25, 0.3) is 0 Å². The fourth-order valence-electron chi connectivity index (χ4n) is 2.66. The van der Waals surface area contributed by atoms with E-state index < -0.39 is 0 Å². The lowest BCUT2D eigenvalue weighted by atomic mass is 10.1. The summed E-state index contributed by atoms with van der Waals surface area (Å²) < 4.78 is 7.10. The molecule has 0 aliphatic carbocycles. The highest BCUT2D eigenvalue weighted by Crippen LogP contribution is 2.21. The van der Waals surface area contributed by atoms with Crippen LogP contribution < -0.4 is 10.6 Å². The van der Waals surface area contributed by atoms with E-state index in [0.717, 1.165) is 37.2 Å². The minimum atomic E-state index is -0.0327. The van der Waals surface area contributed by atoms with Gasteiger partial charge in [0, 0.05) is 24.3 Å². The normalized spacial score (nSPS) is 16.2. The highest BCUT2D eigenvalue weighted by molar-refractivity contribution is 5.92. The van der Waals surface area contributed by atoms with Gasteiger partial charge in [-0.15, -0.1) is 0 Å². The van der Waals surface area contributed by atoms with Gasteiger partial charge < -0.3 is 19.6 Å². The average Bonchev–Trinajstić information content (AvgIpc) is 3.17. The number of hydrogen-bond donors (Lipinski definition) is 2. The molecular formula is C15H19N3O2. The third-order valence-corrected chi connectivity index (χ3v) is 3.75. The van der Waals surface area contributed by atoms with Crippen LogP contribution in [0.15, 0.2) is 41.3 Å². The van der Waals surface area contributed by atoms with Crippen LogP contribution in [0.2, 0.25) is 0 Å². The molecule has 0 unspecified atom stereocenters. The lowest BCUT2D eigenvalue weighted by Crippen LogP contribution is -2.32. The number of hydrogen-bond acceptors (Lipinski definition) is 3. The summed E-state index contributed by atoms with van der Waals surface area (Å²) in [7, 11) is 0. The Hall–Kier alpha value is -2.01. The average molecular weight is 273 g/mol. The van der Waals surface area contributed by atoms with Crippen LogP contribution in [-0.4, -0.2) is 23.6 Å². The van der Waals surface area contributed by atoms with E-state index >= 15 is 0 Å². The van der Waals surface area contributed by atoms with Crippen LogP contribution in [0.4, 0.5) is 0 Å². The first-order chi connectivity index (χ1) is 9.84. The van der Waals surface area contributed by atoms with E-state index in [0.29, 0.717) is 12.6 Å². The van der Waals surface area contributed by atoms with Gasteiger partial charge in [-0.05, 0) is 44.1 Å². The van der Waals surface area contributed by atoms with Crippen molar-refractivity contribution < 1.29 is 9.21 Å². The van der Waals surface area contributed by atoms with Gasteiger partial charge in [0.25, 0.3) is 5.91 Å². The molecule has 3 rings (SSSR count). The second-order valence-electron chi connectivity index (χ2n) is 5.10. The minimum absolute atomic E-state index is 0.0327.